The molecule has 2 heterocycles. The van der Waals surface area contributed by atoms with Crippen molar-refractivity contribution in [2.45, 2.75) is 57.4 Å². The molecule has 184 valence electrons. The summed E-state index contributed by atoms with van der Waals surface area (Å²) in [7, 11) is 0. The summed E-state index contributed by atoms with van der Waals surface area (Å²) in [6.07, 6.45) is 9.38. The molecule has 2 aromatic carbocycles. The maximum absolute atomic E-state index is 14.4. The van der Waals surface area contributed by atoms with Gasteiger partial charge in [-0.1, -0.05) is 31.2 Å². The topological polar surface area (TPSA) is 53.6 Å². The second-order valence-electron chi connectivity index (χ2n) is 11.1. The molecule has 2 unspecified atom stereocenters. The highest BCUT2D eigenvalue weighted by Gasteiger charge is 2.41. The summed E-state index contributed by atoms with van der Waals surface area (Å²) < 4.78 is 28.6. The third-order valence-electron chi connectivity index (χ3n) is 8.88. The van der Waals surface area contributed by atoms with Gasteiger partial charge in [-0.05, 0) is 73.8 Å². The van der Waals surface area contributed by atoms with Crippen LogP contribution in [0, 0.1) is 29.4 Å². The summed E-state index contributed by atoms with van der Waals surface area (Å²) in [6, 6.07) is 13.3. The van der Waals surface area contributed by atoms with Crippen molar-refractivity contribution in [1.29, 1.82) is 0 Å². The molecule has 8 rings (SSSR count). The fourth-order valence-electron chi connectivity index (χ4n) is 6.64. The highest BCUT2D eigenvalue weighted by Crippen LogP contribution is 2.46. The van der Waals surface area contributed by atoms with Crippen molar-refractivity contribution in [2.24, 2.45) is 17.8 Å². The Bertz CT molecular complexity index is 1430. The summed E-state index contributed by atoms with van der Waals surface area (Å²) in [5.74, 6) is 2.71. The summed E-state index contributed by atoms with van der Waals surface area (Å²) in [5.41, 5.74) is 4.07. The first-order chi connectivity index (χ1) is 17.5. The van der Waals surface area contributed by atoms with Gasteiger partial charge in [-0.2, -0.15) is 0 Å². The summed E-state index contributed by atoms with van der Waals surface area (Å²) >= 11 is 0. The van der Waals surface area contributed by atoms with Gasteiger partial charge in [0.15, 0.2) is 5.82 Å². The zero-order valence-electron chi connectivity index (χ0n) is 20.4. The van der Waals surface area contributed by atoms with E-state index in [0.29, 0.717) is 40.6 Å². The third kappa shape index (κ3) is 3.78. The van der Waals surface area contributed by atoms with Gasteiger partial charge < -0.3 is 10.3 Å². The predicted octanol–water partition coefficient (Wildman–Crippen LogP) is 7.68. The van der Waals surface area contributed by atoms with Crippen molar-refractivity contribution in [3.05, 3.63) is 65.9 Å². The molecule has 2 atom stereocenters. The van der Waals surface area contributed by atoms with E-state index in [0.717, 1.165) is 29.1 Å². The average molecular weight is 485 g/mol. The molecule has 2 N–H and O–H groups in total. The van der Waals surface area contributed by atoms with E-state index in [1.165, 1.54) is 50.2 Å². The molecule has 36 heavy (non-hydrogen) atoms. The van der Waals surface area contributed by atoms with Crippen molar-refractivity contribution in [1.82, 2.24) is 15.0 Å². The first-order valence-electron chi connectivity index (χ1n) is 13.3. The molecule has 0 radical (unpaired) electrons. The van der Waals surface area contributed by atoms with Crippen LogP contribution in [0.25, 0.3) is 33.5 Å². The Kier molecular flexibility index (Phi) is 5.12. The monoisotopic (exact) mass is 484 g/mol. The van der Waals surface area contributed by atoms with Gasteiger partial charge in [-0.25, -0.2) is 18.7 Å². The third-order valence-corrected chi connectivity index (χ3v) is 8.88. The van der Waals surface area contributed by atoms with E-state index < -0.39 is 11.6 Å². The maximum Gasteiger partial charge on any atom is 0.164 e. The lowest BCUT2D eigenvalue weighted by Gasteiger charge is -2.47. The number of halogens is 2. The van der Waals surface area contributed by atoms with Gasteiger partial charge in [0, 0.05) is 40.9 Å². The van der Waals surface area contributed by atoms with Gasteiger partial charge in [0.1, 0.15) is 17.5 Å². The van der Waals surface area contributed by atoms with Crippen LogP contribution >= 0.6 is 0 Å². The molecule has 2 aromatic heterocycles. The lowest BCUT2D eigenvalue weighted by molar-refractivity contribution is 0.0928. The van der Waals surface area contributed by atoms with Crippen LogP contribution < -0.4 is 5.32 Å². The number of nitrogens with one attached hydrogen (secondary N) is 2. The zero-order chi connectivity index (χ0) is 24.4. The average Bonchev–Trinajstić information content (AvgIpc) is 3.65. The van der Waals surface area contributed by atoms with Crippen LogP contribution in [0.1, 0.15) is 56.9 Å². The molecular formula is C30H30F2N4. The number of anilines is 1. The largest absolute Gasteiger partial charge is 0.367 e. The SMILES string of the molecule is CC1C2CCC(CC2)C1Nc1cc(-c2ccc(C3CC3)cc2)nc(-c2c[nH]c3c(F)cc(F)cc23)n1. The molecule has 4 fully saturated rings. The molecule has 0 aliphatic heterocycles. The van der Waals surface area contributed by atoms with E-state index in [4.69, 9.17) is 9.97 Å². The summed E-state index contributed by atoms with van der Waals surface area (Å²) in [4.78, 5) is 12.7. The number of aromatic amines is 1. The number of H-pyrrole nitrogens is 1. The molecule has 2 bridgehead atoms. The Labute approximate surface area is 209 Å². The van der Waals surface area contributed by atoms with Crippen LogP contribution in [-0.4, -0.2) is 21.0 Å². The number of hydrogen-bond acceptors (Lipinski definition) is 3. The number of nitrogens with zero attached hydrogens (tertiary/aromatic N) is 2. The minimum absolute atomic E-state index is 0.266. The van der Waals surface area contributed by atoms with Crippen LogP contribution in [-0.2, 0) is 0 Å². The van der Waals surface area contributed by atoms with Crippen LogP contribution in [0.3, 0.4) is 0 Å². The van der Waals surface area contributed by atoms with E-state index in [-0.39, 0.29) is 5.52 Å². The first kappa shape index (κ1) is 22.0. The summed E-state index contributed by atoms with van der Waals surface area (Å²) in [6.45, 7) is 2.36. The molecule has 4 nitrogen and oxygen atoms in total. The zero-order valence-corrected chi connectivity index (χ0v) is 20.4. The number of rotatable bonds is 5. The van der Waals surface area contributed by atoms with E-state index in [1.807, 2.05) is 6.07 Å². The number of aromatic nitrogens is 3. The van der Waals surface area contributed by atoms with Gasteiger partial charge in [-0.15, -0.1) is 0 Å². The number of fused-ring (bicyclic) bond motifs is 4. The molecule has 0 saturated heterocycles. The van der Waals surface area contributed by atoms with Crippen LogP contribution in [0.15, 0.2) is 48.7 Å². The van der Waals surface area contributed by atoms with E-state index in [9.17, 15) is 8.78 Å². The van der Waals surface area contributed by atoms with Crippen molar-refractivity contribution < 1.29 is 8.78 Å². The Hall–Kier alpha value is -3.28. The first-order valence-corrected chi connectivity index (χ1v) is 13.3. The standard InChI is InChI=1S/C30H30F2N4/c1-16-17-2-10-21(11-3-17)28(16)35-27-14-26(20-8-6-19(7-9-20)18-4-5-18)34-30(36-27)24-15-33-29-23(24)12-22(31)13-25(29)32/h6-9,12-18,21,28,33H,2-5,10-11H2,1H3,(H,34,35,36). The highest BCUT2D eigenvalue weighted by molar-refractivity contribution is 5.94. The van der Waals surface area contributed by atoms with Gasteiger partial charge in [0.2, 0.25) is 0 Å². The van der Waals surface area contributed by atoms with Gasteiger partial charge >= 0.3 is 0 Å². The molecule has 6 heteroatoms. The van der Waals surface area contributed by atoms with Crippen molar-refractivity contribution >= 4 is 16.7 Å². The molecule has 4 aromatic rings. The molecule has 0 spiro atoms. The van der Waals surface area contributed by atoms with E-state index >= 15 is 0 Å². The van der Waals surface area contributed by atoms with Crippen LogP contribution in [0.2, 0.25) is 0 Å². The lowest BCUT2D eigenvalue weighted by atomic mass is 9.62. The number of hydrogen-bond donors (Lipinski definition) is 2. The molecule has 4 aliphatic rings. The fourth-order valence-corrected chi connectivity index (χ4v) is 6.64. The molecular weight excluding hydrogens is 454 g/mol. The van der Waals surface area contributed by atoms with Crippen molar-refractivity contribution in [3.8, 4) is 22.6 Å². The van der Waals surface area contributed by atoms with Gasteiger partial charge in [0.05, 0.1) is 11.2 Å². The van der Waals surface area contributed by atoms with E-state index in [1.54, 1.807) is 6.20 Å². The normalized spacial score (nSPS) is 25.4. The highest BCUT2D eigenvalue weighted by atomic mass is 19.1. The Morgan fingerprint density at radius 2 is 1.64 bits per heavy atom. The predicted molar refractivity (Wildman–Crippen MR) is 139 cm³/mol. The molecule has 4 aliphatic carbocycles. The second-order valence-corrected chi connectivity index (χ2v) is 11.1. The maximum atomic E-state index is 14.4. The fraction of sp³-hybridized carbons (Fsp3) is 0.400. The quantitative estimate of drug-likeness (QED) is 0.305. The molecule has 4 saturated carbocycles. The molecule has 0 amide bonds. The van der Waals surface area contributed by atoms with Crippen molar-refractivity contribution in [2.75, 3.05) is 5.32 Å². The Morgan fingerprint density at radius 3 is 2.36 bits per heavy atom. The summed E-state index contributed by atoms with van der Waals surface area (Å²) in [5, 5.41) is 4.22. The Morgan fingerprint density at radius 1 is 0.889 bits per heavy atom. The minimum Gasteiger partial charge on any atom is -0.367 e. The minimum atomic E-state index is -0.617. The Balaban J connectivity index is 1.32. The van der Waals surface area contributed by atoms with Crippen LogP contribution in [0.5, 0.6) is 0 Å². The number of benzene rings is 2. The lowest BCUT2D eigenvalue weighted by Crippen LogP contribution is -2.47. The second kappa shape index (κ2) is 8.39. The van der Waals surface area contributed by atoms with Crippen LogP contribution in [0.4, 0.5) is 14.6 Å². The van der Waals surface area contributed by atoms with Gasteiger partial charge in [0.25, 0.3) is 0 Å². The van der Waals surface area contributed by atoms with E-state index in [2.05, 4.69) is 41.5 Å². The van der Waals surface area contributed by atoms with Gasteiger partial charge in [-0.3, -0.25) is 0 Å². The van der Waals surface area contributed by atoms with Crippen molar-refractivity contribution in [3.63, 3.8) is 0 Å². The smallest absolute Gasteiger partial charge is 0.164 e.